The molecule has 1 aliphatic heterocycles. The van der Waals surface area contributed by atoms with Crippen LogP contribution in [-0.4, -0.2) is 35.6 Å². The summed E-state index contributed by atoms with van der Waals surface area (Å²) >= 11 is 0. The second kappa shape index (κ2) is 5.87. The van der Waals surface area contributed by atoms with Crippen molar-refractivity contribution in [2.45, 2.75) is 38.5 Å². The van der Waals surface area contributed by atoms with Crippen LogP contribution in [-0.2, 0) is 9.53 Å². The number of piperidine rings is 1. The van der Waals surface area contributed by atoms with Crippen molar-refractivity contribution in [1.82, 2.24) is 9.97 Å². The molecule has 0 radical (unpaired) electrons. The minimum atomic E-state index is -0.144. The fourth-order valence-electron chi connectivity index (χ4n) is 2.81. The van der Waals surface area contributed by atoms with Gasteiger partial charge in [0.2, 0.25) is 0 Å². The SMILES string of the molecule is CCOC(=O)C1CCCN(c2cc(=O)[nH]c(C3CC3)n2)C1. The zero-order chi connectivity index (χ0) is 14.8. The first kappa shape index (κ1) is 14.1. The van der Waals surface area contributed by atoms with Crippen molar-refractivity contribution in [2.24, 2.45) is 5.92 Å². The first-order valence-corrected chi connectivity index (χ1v) is 7.70. The number of carbonyl (C=O) groups excluding carboxylic acids is 1. The summed E-state index contributed by atoms with van der Waals surface area (Å²) in [5, 5.41) is 0. The van der Waals surface area contributed by atoms with Crippen LogP contribution < -0.4 is 10.5 Å². The van der Waals surface area contributed by atoms with E-state index in [0.717, 1.165) is 38.1 Å². The van der Waals surface area contributed by atoms with E-state index >= 15 is 0 Å². The maximum Gasteiger partial charge on any atom is 0.310 e. The average molecular weight is 291 g/mol. The Kier molecular flexibility index (Phi) is 3.94. The Balaban J connectivity index is 1.76. The number of aromatic nitrogens is 2. The lowest BCUT2D eigenvalue weighted by molar-refractivity contribution is -0.148. The highest BCUT2D eigenvalue weighted by Gasteiger charge is 2.30. The van der Waals surface area contributed by atoms with Crippen LogP contribution in [0, 0.1) is 5.92 Å². The van der Waals surface area contributed by atoms with Gasteiger partial charge in [-0.2, -0.15) is 0 Å². The number of nitrogens with zero attached hydrogens (tertiary/aromatic N) is 2. The van der Waals surface area contributed by atoms with Crippen LogP contribution in [0.3, 0.4) is 0 Å². The predicted molar refractivity (Wildman–Crippen MR) is 78.4 cm³/mol. The molecule has 2 heterocycles. The molecule has 3 rings (SSSR count). The van der Waals surface area contributed by atoms with Crippen molar-refractivity contribution >= 4 is 11.8 Å². The summed E-state index contributed by atoms with van der Waals surface area (Å²) in [5.74, 6) is 1.62. The van der Waals surface area contributed by atoms with Gasteiger partial charge in [0.25, 0.3) is 5.56 Å². The minimum absolute atomic E-state index is 0.111. The first-order chi connectivity index (χ1) is 10.2. The Labute approximate surface area is 123 Å². The van der Waals surface area contributed by atoms with Crippen LogP contribution in [0.4, 0.5) is 5.82 Å². The Hall–Kier alpha value is -1.85. The summed E-state index contributed by atoms with van der Waals surface area (Å²) in [7, 11) is 0. The monoisotopic (exact) mass is 291 g/mol. The number of hydrogen-bond donors (Lipinski definition) is 1. The fraction of sp³-hybridized carbons (Fsp3) is 0.667. The standard InChI is InChI=1S/C15H21N3O3/c1-2-21-15(20)11-4-3-7-18(9-11)12-8-13(19)17-14(16-12)10-5-6-10/h8,10-11H,2-7,9H2,1H3,(H,16,17,19). The van der Waals surface area contributed by atoms with Gasteiger partial charge in [0.15, 0.2) is 0 Å². The molecule has 6 nitrogen and oxygen atoms in total. The number of anilines is 1. The third-order valence-corrected chi connectivity index (χ3v) is 4.08. The van der Waals surface area contributed by atoms with Crippen molar-refractivity contribution in [2.75, 3.05) is 24.6 Å². The predicted octanol–water partition coefficient (Wildman–Crippen LogP) is 1.43. The molecule has 0 amide bonds. The van der Waals surface area contributed by atoms with Crippen LogP contribution >= 0.6 is 0 Å². The molecular formula is C15H21N3O3. The van der Waals surface area contributed by atoms with Gasteiger partial charge in [-0.3, -0.25) is 9.59 Å². The average Bonchev–Trinajstić information content (AvgIpc) is 3.32. The second-order valence-corrected chi connectivity index (χ2v) is 5.80. The number of H-pyrrole nitrogens is 1. The minimum Gasteiger partial charge on any atom is -0.466 e. The molecule has 0 aromatic carbocycles. The highest BCUT2D eigenvalue weighted by molar-refractivity contribution is 5.73. The zero-order valence-electron chi connectivity index (χ0n) is 12.3. The summed E-state index contributed by atoms with van der Waals surface area (Å²) in [5.41, 5.74) is -0.111. The maximum atomic E-state index is 11.9. The molecule has 0 spiro atoms. The lowest BCUT2D eigenvalue weighted by atomic mass is 9.98. The highest BCUT2D eigenvalue weighted by Crippen LogP contribution is 2.38. The van der Waals surface area contributed by atoms with Crippen molar-refractivity contribution in [1.29, 1.82) is 0 Å². The molecule has 6 heteroatoms. The lowest BCUT2D eigenvalue weighted by Crippen LogP contribution is -2.40. The van der Waals surface area contributed by atoms with Crippen molar-refractivity contribution in [3.63, 3.8) is 0 Å². The van der Waals surface area contributed by atoms with E-state index in [-0.39, 0.29) is 17.4 Å². The van der Waals surface area contributed by atoms with Crippen molar-refractivity contribution < 1.29 is 9.53 Å². The van der Waals surface area contributed by atoms with Crippen LogP contribution in [0.15, 0.2) is 10.9 Å². The van der Waals surface area contributed by atoms with E-state index in [1.807, 2.05) is 11.8 Å². The third kappa shape index (κ3) is 3.25. The number of carbonyl (C=O) groups is 1. The number of aromatic amines is 1. The quantitative estimate of drug-likeness (QED) is 0.849. The van der Waals surface area contributed by atoms with Gasteiger partial charge in [-0.25, -0.2) is 4.98 Å². The zero-order valence-corrected chi connectivity index (χ0v) is 12.3. The maximum absolute atomic E-state index is 11.9. The molecular weight excluding hydrogens is 270 g/mol. The van der Waals surface area contributed by atoms with E-state index < -0.39 is 0 Å². The summed E-state index contributed by atoms with van der Waals surface area (Å²) < 4.78 is 5.11. The first-order valence-electron chi connectivity index (χ1n) is 7.70. The fourth-order valence-corrected chi connectivity index (χ4v) is 2.81. The molecule has 114 valence electrons. The number of rotatable bonds is 4. The van der Waals surface area contributed by atoms with E-state index in [1.165, 1.54) is 6.07 Å². The summed E-state index contributed by atoms with van der Waals surface area (Å²) in [6.07, 6.45) is 3.94. The summed E-state index contributed by atoms with van der Waals surface area (Å²) in [6, 6.07) is 1.53. The third-order valence-electron chi connectivity index (χ3n) is 4.08. The van der Waals surface area contributed by atoms with Gasteiger partial charge in [-0.15, -0.1) is 0 Å². The molecule has 1 unspecified atom stereocenters. The van der Waals surface area contributed by atoms with Crippen molar-refractivity contribution in [3.05, 3.63) is 22.2 Å². The molecule has 1 N–H and O–H groups in total. The second-order valence-electron chi connectivity index (χ2n) is 5.80. The topological polar surface area (TPSA) is 75.3 Å². The molecule has 1 saturated carbocycles. The smallest absolute Gasteiger partial charge is 0.310 e. The number of ether oxygens (including phenoxy) is 1. The molecule has 1 atom stereocenters. The molecule has 1 aliphatic carbocycles. The van der Waals surface area contributed by atoms with Gasteiger partial charge in [-0.1, -0.05) is 0 Å². The number of esters is 1. The van der Waals surface area contributed by atoms with Crippen LogP contribution in [0.25, 0.3) is 0 Å². The van der Waals surface area contributed by atoms with Gasteiger partial charge in [0.05, 0.1) is 12.5 Å². The number of hydrogen-bond acceptors (Lipinski definition) is 5. The van der Waals surface area contributed by atoms with Crippen LogP contribution in [0.1, 0.15) is 44.3 Å². The highest BCUT2D eigenvalue weighted by atomic mass is 16.5. The molecule has 1 aromatic rings. The molecule has 21 heavy (non-hydrogen) atoms. The van der Waals surface area contributed by atoms with E-state index in [0.29, 0.717) is 24.9 Å². The van der Waals surface area contributed by atoms with E-state index in [4.69, 9.17) is 4.74 Å². The Morgan fingerprint density at radius 3 is 3.00 bits per heavy atom. The van der Waals surface area contributed by atoms with Crippen LogP contribution in [0.2, 0.25) is 0 Å². The van der Waals surface area contributed by atoms with E-state index in [1.54, 1.807) is 0 Å². The van der Waals surface area contributed by atoms with Crippen molar-refractivity contribution in [3.8, 4) is 0 Å². The molecule has 0 bridgehead atoms. The van der Waals surface area contributed by atoms with Gasteiger partial charge in [-0.05, 0) is 32.6 Å². The Morgan fingerprint density at radius 1 is 1.48 bits per heavy atom. The number of nitrogens with one attached hydrogen (secondary N) is 1. The Morgan fingerprint density at radius 2 is 2.29 bits per heavy atom. The lowest BCUT2D eigenvalue weighted by Gasteiger charge is -2.32. The van der Waals surface area contributed by atoms with E-state index in [9.17, 15) is 9.59 Å². The van der Waals surface area contributed by atoms with Gasteiger partial charge in [0, 0.05) is 25.1 Å². The molecule has 2 fully saturated rings. The van der Waals surface area contributed by atoms with Gasteiger partial charge in [0.1, 0.15) is 11.6 Å². The van der Waals surface area contributed by atoms with Gasteiger partial charge >= 0.3 is 5.97 Å². The summed E-state index contributed by atoms with van der Waals surface area (Å²) in [4.78, 5) is 33.1. The summed E-state index contributed by atoms with van der Waals surface area (Å²) in [6.45, 7) is 3.64. The Bertz CT molecular complexity index is 580. The molecule has 1 saturated heterocycles. The molecule has 1 aromatic heterocycles. The van der Waals surface area contributed by atoms with E-state index in [2.05, 4.69) is 9.97 Å². The van der Waals surface area contributed by atoms with Crippen LogP contribution in [0.5, 0.6) is 0 Å². The normalized spacial score (nSPS) is 22.1. The largest absolute Gasteiger partial charge is 0.466 e. The molecule has 2 aliphatic rings. The van der Waals surface area contributed by atoms with Gasteiger partial charge < -0.3 is 14.6 Å².